The van der Waals surface area contributed by atoms with E-state index in [4.69, 9.17) is 15.9 Å². The van der Waals surface area contributed by atoms with Crippen LogP contribution in [0.3, 0.4) is 0 Å². The maximum Gasteiger partial charge on any atom is 0.256 e. The summed E-state index contributed by atoms with van der Waals surface area (Å²) in [6.07, 6.45) is 0.916. The number of hydrogen-bond acceptors (Lipinski definition) is 4. The van der Waals surface area contributed by atoms with E-state index in [1.807, 2.05) is 0 Å². The summed E-state index contributed by atoms with van der Waals surface area (Å²) in [6.45, 7) is -0.924. The van der Waals surface area contributed by atoms with Gasteiger partial charge in [0.2, 0.25) is 0 Å². The highest BCUT2D eigenvalue weighted by atomic mass is 28.2. The molecule has 0 saturated carbocycles. The molecule has 4 nitrogen and oxygen atoms in total. The van der Waals surface area contributed by atoms with Gasteiger partial charge >= 0.3 is 0 Å². The van der Waals surface area contributed by atoms with Gasteiger partial charge in [0.25, 0.3) is 6.48 Å². The molecule has 0 fully saturated rings. The fourth-order valence-corrected chi connectivity index (χ4v) is 1.31. The topological polar surface area (TPSA) is 75.7 Å². The number of aliphatic hydroxyl groups is 2. The van der Waals surface area contributed by atoms with Crippen LogP contribution in [0.25, 0.3) is 0 Å². The Hall–Kier alpha value is 0.0569. The second kappa shape index (κ2) is 6.18. The molecule has 0 aromatic rings. The van der Waals surface area contributed by atoms with Gasteiger partial charge in [0, 0.05) is 0 Å². The molecule has 0 aliphatic carbocycles. The van der Waals surface area contributed by atoms with E-state index in [2.05, 4.69) is 4.43 Å². The van der Waals surface area contributed by atoms with Crippen molar-refractivity contribution in [2.75, 3.05) is 6.54 Å². The summed E-state index contributed by atoms with van der Waals surface area (Å²) in [5.74, 6) is 0. The lowest BCUT2D eigenvalue weighted by molar-refractivity contribution is -0.180. The van der Waals surface area contributed by atoms with Gasteiger partial charge in [-0.3, -0.25) is 0 Å². The minimum atomic E-state index is -1.57. The van der Waals surface area contributed by atoms with E-state index in [1.54, 1.807) is 0 Å². The van der Waals surface area contributed by atoms with E-state index in [0.29, 0.717) is 6.54 Å². The smallest absolute Gasteiger partial charge is 0.256 e. The first-order valence-corrected chi connectivity index (χ1v) is 4.53. The van der Waals surface area contributed by atoms with E-state index in [0.717, 1.165) is 12.5 Å². The maximum atomic E-state index is 8.19. The normalized spacial score (nSPS) is 12.0. The molecule has 0 heterocycles. The van der Waals surface area contributed by atoms with Crippen LogP contribution < -0.4 is 5.73 Å². The molecule has 9 heavy (non-hydrogen) atoms. The minimum Gasteiger partial charge on any atom is -0.379 e. The highest BCUT2D eigenvalue weighted by Crippen LogP contribution is 1.87. The van der Waals surface area contributed by atoms with Gasteiger partial charge in [0.1, 0.15) is 0 Å². The molecule has 0 bridgehead atoms. The zero-order chi connectivity index (χ0) is 7.11. The van der Waals surface area contributed by atoms with Gasteiger partial charge in [0.05, 0.1) is 0 Å². The lowest BCUT2D eigenvalue weighted by atomic mass is 10.5. The van der Waals surface area contributed by atoms with Crippen molar-refractivity contribution in [2.45, 2.75) is 18.9 Å². The Bertz CT molecular complexity index is 61.8. The van der Waals surface area contributed by atoms with Crippen molar-refractivity contribution in [1.82, 2.24) is 0 Å². The molecule has 4 N–H and O–H groups in total. The molecule has 5 heteroatoms. The second-order valence-corrected chi connectivity index (χ2v) is 3.14. The highest BCUT2D eigenvalue weighted by Gasteiger charge is 1.94. The molecular weight excluding hydrogens is 138 g/mol. The number of aliphatic hydroxyl groups excluding tert-OH is 1. The van der Waals surface area contributed by atoms with Crippen LogP contribution in [0.2, 0.25) is 6.04 Å². The molecule has 0 saturated heterocycles. The van der Waals surface area contributed by atoms with E-state index >= 15 is 0 Å². The first kappa shape index (κ1) is 9.06. The summed E-state index contributed by atoms with van der Waals surface area (Å²) in [5, 5.41) is 16.4. The molecule has 0 rings (SSSR count). The zero-order valence-electron chi connectivity index (χ0n) is 5.29. The third kappa shape index (κ3) is 8.06. The van der Waals surface area contributed by atoms with E-state index in [9.17, 15) is 0 Å². The van der Waals surface area contributed by atoms with Crippen molar-refractivity contribution >= 4 is 9.76 Å². The van der Waals surface area contributed by atoms with Crippen molar-refractivity contribution in [3.8, 4) is 0 Å². The molecule has 0 aliphatic rings. The highest BCUT2D eigenvalue weighted by molar-refractivity contribution is 6.26. The van der Waals surface area contributed by atoms with Crippen LogP contribution in [-0.2, 0) is 4.43 Å². The van der Waals surface area contributed by atoms with E-state index < -0.39 is 16.2 Å². The van der Waals surface area contributed by atoms with Gasteiger partial charge in [0.15, 0.2) is 9.76 Å². The van der Waals surface area contributed by atoms with Gasteiger partial charge in [-0.05, 0) is 19.0 Å². The SMILES string of the molecule is NCCC[SiH2]OC(O)O. The summed E-state index contributed by atoms with van der Waals surface area (Å²) in [5.41, 5.74) is 5.19. The molecule has 0 unspecified atom stereocenters. The quantitative estimate of drug-likeness (QED) is 0.244. The van der Waals surface area contributed by atoms with Crippen LogP contribution in [0, 0.1) is 0 Å². The molecule has 0 amide bonds. The molecular formula is C4H13NO3Si. The maximum absolute atomic E-state index is 8.19. The van der Waals surface area contributed by atoms with Crippen LogP contribution >= 0.6 is 0 Å². The largest absolute Gasteiger partial charge is 0.379 e. The van der Waals surface area contributed by atoms with Gasteiger partial charge in [-0.25, -0.2) is 0 Å². The molecule has 0 radical (unpaired) electrons. The average Bonchev–Trinajstić information content (AvgIpc) is 1.80. The first-order valence-electron chi connectivity index (χ1n) is 2.95. The van der Waals surface area contributed by atoms with Crippen LogP contribution in [0.4, 0.5) is 0 Å². The summed E-state index contributed by atoms with van der Waals surface area (Å²) in [6, 6.07) is 0.911. The summed E-state index contributed by atoms with van der Waals surface area (Å²) >= 11 is 0. The fraction of sp³-hybridized carbons (Fsp3) is 1.00. The van der Waals surface area contributed by atoms with Gasteiger partial charge in [-0.2, -0.15) is 0 Å². The Kier molecular flexibility index (Phi) is 6.22. The van der Waals surface area contributed by atoms with Crippen molar-refractivity contribution in [3.05, 3.63) is 0 Å². The average molecular weight is 151 g/mol. The minimum absolute atomic E-state index is 0.651. The van der Waals surface area contributed by atoms with Crippen molar-refractivity contribution in [1.29, 1.82) is 0 Å². The summed E-state index contributed by atoms with van der Waals surface area (Å²) < 4.78 is 4.54. The molecule has 0 aromatic heterocycles. The number of nitrogens with two attached hydrogens (primary N) is 1. The first-order chi connectivity index (χ1) is 4.27. The standard InChI is InChI=1S/C4H13NO3Si/c5-2-1-3-9-8-4(6)7/h4,6-7H,1-3,5,9H2. The molecule has 0 spiro atoms. The monoisotopic (exact) mass is 151 g/mol. The van der Waals surface area contributed by atoms with Crippen LogP contribution in [-0.4, -0.2) is 33.0 Å². The third-order valence-electron chi connectivity index (χ3n) is 0.865. The fourth-order valence-electron chi connectivity index (χ4n) is 0.435. The molecule has 0 aromatic carbocycles. The van der Waals surface area contributed by atoms with Crippen LogP contribution in [0.5, 0.6) is 0 Å². The van der Waals surface area contributed by atoms with E-state index in [1.165, 1.54) is 0 Å². The van der Waals surface area contributed by atoms with Crippen LogP contribution in [0.15, 0.2) is 0 Å². The summed E-state index contributed by atoms with van der Waals surface area (Å²) in [4.78, 5) is 0. The Morgan fingerprint density at radius 3 is 2.67 bits per heavy atom. The Morgan fingerprint density at radius 1 is 1.56 bits per heavy atom. The van der Waals surface area contributed by atoms with E-state index in [-0.39, 0.29) is 0 Å². The molecule has 0 aliphatic heterocycles. The Labute approximate surface area is 56.6 Å². The lowest BCUT2D eigenvalue weighted by Gasteiger charge is -2.03. The number of rotatable bonds is 5. The van der Waals surface area contributed by atoms with Gasteiger partial charge in [-0.1, -0.05) is 0 Å². The molecule has 56 valence electrons. The van der Waals surface area contributed by atoms with Crippen molar-refractivity contribution in [2.24, 2.45) is 5.73 Å². The Morgan fingerprint density at radius 2 is 2.22 bits per heavy atom. The van der Waals surface area contributed by atoms with Crippen molar-refractivity contribution < 1.29 is 14.6 Å². The lowest BCUT2D eigenvalue weighted by Crippen LogP contribution is -2.13. The van der Waals surface area contributed by atoms with Crippen LogP contribution in [0.1, 0.15) is 6.42 Å². The van der Waals surface area contributed by atoms with Gasteiger partial charge < -0.3 is 20.4 Å². The predicted molar refractivity (Wildman–Crippen MR) is 36.3 cm³/mol. The zero-order valence-corrected chi connectivity index (χ0v) is 6.70. The second-order valence-electron chi connectivity index (χ2n) is 1.69. The third-order valence-corrected chi connectivity index (χ3v) is 2.19. The van der Waals surface area contributed by atoms with Gasteiger partial charge in [-0.15, -0.1) is 0 Å². The van der Waals surface area contributed by atoms with Crippen molar-refractivity contribution in [3.63, 3.8) is 0 Å². The Balaban J connectivity index is 2.75. The predicted octanol–water partition coefficient (Wildman–Crippen LogP) is -1.88. The summed E-state index contributed by atoms with van der Waals surface area (Å²) in [7, 11) is -0.727. The number of hydrogen-bond donors (Lipinski definition) is 3. The molecule has 0 atom stereocenters.